The Balaban J connectivity index is 1.61. The molecule has 0 saturated carbocycles. The first-order valence-corrected chi connectivity index (χ1v) is 7.79. The third kappa shape index (κ3) is 3.32. The number of carbonyl (C=O) groups excluding carboxylic acids is 4. The molecule has 0 saturated heterocycles. The molecule has 1 aliphatic heterocycles. The fourth-order valence-corrected chi connectivity index (χ4v) is 2.63. The van der Waals surface area contributed by atoms with Crippen molar-refractivity contribution in [3.8, 4) is 0 Å². The molecule has 0 fully saturated rings. The molecule has 7 nitrogen and oxygen atoms in total. The lowest BCUT2D eigenvalue weighted by Gasteiger charge is -2.13. The van der Waals surface area contributed by atoms with Gasteiger partial charge in [-0.05, 0) is 29.8 Å². The van der Waals surface area contributed by atoms with Crippen molar-refractivity contribution >= 4 is 23.8 Å². The number of carbonyl (C=O) groups is 4. The van der Waals surface area contributed by atoms with Crippen LogP contribution >= 0.6 is 0 Å². The number of benzene rings is 2. The molecule has 0 aliphatic carbocycles. The molecule has 3 rings (SSSR count). The summed E-state index contributed by atoms with van der Waals surface area (Å²) in [5.41, 5.74) is 1.47. The highest BCUT2D eigenvalue weighted by Gasteiger charge is 2.36. The second-order valence-corrected chi connectivity index (χ2v) is 5.59. The standard InChI is InChI=1S/C19H15NO6/c1-25-19(24)13-6-4-5-12(9-13)11-26-16(21)10-20-17(22)14-7-2-3-8-15(14)18(20)23/h2-9H,10-11H2,1H3. The van der Waals surface area contributed by atoms with Crippen LogP contribution < -0.4 is 0 Å². The van der Waals surface area contributed by atoms with E-state index in [9.17, 15) is 19.2 Å². The maximum Gasteiger partial charge on any atom is 0.337 e. The summed E-state index contributed by atoms with van der Waals surface area (Å²) in [6, 6.07) is 12.8. The number of methoxy groups -OCH3 is 1. The van der Waals surface area contributed by atoms with Crippen molar-refractivity contribution < 1.29 is 28.7 Å². The van der Waals surface area contributed by atoms with Crippen molar-refractivity contribution in [2.24, 2.45) is 0 Å². The average Bonchev–Trinajstić information content (AvgIpc) is 2.91. The van der Waals surface area contributed by atoms with E-state index in [4.69, 9.17) is 4.74 Å². The van der Waals surface area contributed by atoms with Gasteiger partial charge in [0.2, 0.25) is 0 Å². The number of esters is 2. The molecule has 132 valence electrons. The highest BCUT2D eigenvalue weighted by atomic mass is 16.5. The summed E-state index contributed by atoms with van der Waals surface area (Å²) in [6.07, 6.45) is 0. The van der Waals surface area contributed by atoms with Crippen LogP contribution in [-0.2, 0) is 20.9 Å². The molecule has 2 aromatic carbocycles. The van der Waals surface area contributed by atoms with Crippen LogP contribution in [0.4, 0.5) is 0 Å². The monoisotopic (exact) mass is 353 g/mol. The van der Waals surface area contributed by atoms with Gasteiger partial charge in [0.1, 0.15) is 13.2 Å². The summed E-state index contributed by atoms with van der Waals surface area (Å²) in [4.78, 5) is 48.8. The molecule has 1 heterocycles. The summed E-state index contributed by atoms with van der Waals surface area (Å²) < 4.78 is 9.75. The number of hydrogen-bond acceptors (Lipinski definition) is 6. The van der Waals surface area contributed by atoms with Gasteiger partial charge in [-0.25, -0.2) is 4.79 Å². The predicted molar refractivity (Wildman–Crippen MR) is 89.4 cm³/mol. The fraction of sp³-hybridized carbons (Fsp3) is 0.158. The van der Waals surface area contributed by atoms with Crippen LogP contribution in [-0.4, -0.2) is 42.3 Å². The Labute approximate surface area is 149 Å². The maximum absolute atomic E-state index is 12.2. The number of imide groups is 1. The highest BCUT2D eigenvalue weighted by molar-refractivity contribution is 6.22. The molecule has 0 bridgehead atoms. The van der Waals surface area contributed by atoms with Gasteiger partial charge in [-0.1, -0.05) is 24.3 Å². The Kier molecular flexibility index (Phi) is 4.79. The minimum atomic E-state index is -0.719. The molecular formula is C19H15NO6. The Morgan fingerprint density at radius 1 is 0.962 bits per heavy atom. The van der Waals surface area contributed by atoms with Crippen molar-refractivity contribution in [2.45, 2.75) is 6.61 Å². The fourth-order valence-electron chi connectivity index (χ4n) is 2.63. The number of fused-ring (bicyclic) bond motifs is 1. The SMILES string of the molecule is COC(=O)c1cccc(COC(=O)CN2C(=O)c3ccccc3C2=O)c1. The van der Waals surface area contributed by atoms with E-state index in [-0.39, 0.29) is 17.7 Å². The van der Waals surface area contributed by atoms with E-state index in [2.05, 4.69) is 4.74 Å². The normalized spacial score (nSPS) is 12.7. The number of hydrogen-bond donors (Lipinski definition) is 0. The van der Waals surface area contributed by atoms with Gasteiger partial charge in [0.05, 0.1) is 23.8 Å². The molecule has 0 aromatic heterocycles. The van der Waals surface area contributed by atoms with E-state index in [0.29, 0.717) is 11.1 Å². The highest BCUT2D eigenvalue weighted by Crippen LogP contribution is 2.22. The minimum absolute atomic E-state index is 0.0904. The minimum Gasteiger partial charge on any atom is -0.465 e. The zero-order chi connectivity index (χ0) is 18.7. The summed E-state index contributed by atoms with van der Waals surface area (Å²) in [7, 11) is 1.27. The van der Waals surface area contributed by atoms with Gasteiger partial charge in [0, 0.05) is 0 Å². The summed E-state index contributed by atoms with van der Waals surface area (Å²) >= 11 is 0. The second kappa shape index (κ2) is 7.18. The van der Waals surface area contributed by atoms with Gasteiger partial charge in [-0.3, -0.25) is 19.3 Å². The van der Waals surface area contributed by atoms with Crippen molar-refractivity contribution in [2.75, 3.05) is 13.7 Å². The first-order valence-electron chi connectivity index (χ1n) is 7.79. The Morgan fingerprint density at radius 2 is 1.62 bits per heavy atom. The molecular weight excluding hydrogens is 338 g/mol. The molecule has 0 N–H and O–H groups in total. The number of nitrogens with zero attached hydrogens (tertiary/aromatic N) is 1. The molecule has 0 radical (unpaired) electrons. The first kappa shape index (κ1) is 17.3. The van der Waals surface area contributed by atoms with Crippen LogP contribution in [0.2, 0.25) is 0 Å². The lowest BCUT2D eigenvalue weighted by Crippen LogP contribution is -2.35. The van der Waals surface area contributed by atoms with E-state index in [1.54, 1.807) is 48.5 Å². The van der Waals surface area contributed by atoms with E-state index in [0.717, 1.165) is 4.90 Å². The van der Waals surface area contributed by atoms with E-state index < -0.39 is 30.3 Å². The lowest BCUT2D eigenvalue weighted by atomic mass is 10.1. The topological polar surface area (TPSA) is 90.0 Å². The van der Waals surface area contributed by atoms with Gasteiger partial charge in [-0.15, -0.1) is 0 Å². The van der Waals surface area contributed by atoms with Gasteiger partial charge < -0.3 is 9.47 Å². The molecule has 26 heavy (non-hydrogen) atoms. The van der Waals surface area contributed by atoms with Crippen molar-refractivity contribution in [1.82, 2.24) is 4.90 Å². The van der Waals surface area contributed by atoms with Crippen LogP contribution in [0.3, 0.4) is 0 Å². The summed E-state index contributed by atoms with van der Waals surface area (Å²) in [5.74, 6) is -2.25. The zero-order valence-corrected chi connectivity index (χ0v) is 13.9. The van der Waals surface area contributed by atoms with Crippen LogP contribution in [0.15, 0.2) is 48.5 Å². The molecule has 0 unspecified atom stereocenters. The quantitative estimate of drug-likeness (QED) is 0.602. The maximum atomic E-state index is 12.2. The average molecular weight is 353 g/mol. The van der Waals surface area contributed by atoms with Crippen molar-refractivity contribution in [3.05, 3.63) is 70.8 Å². The van der Waals surface area contributed by atoms with Crippen molar-refractivity contribution in [1.29, 1.82) is 0 Å². The van der Waals surface area contributed by atoms with Gasteiger partial charge >= 0.3 is 11.9 Å². The van der Waals surface area contributed by atoms with Gasteiger partial charge in [0.15, 0.2) is 0 Å². The van der Waals surface area contributed by atoms with Crippen LogP contribution in [0, 0.1) is 0 Å². The van der Waals surface area contributed by atoms with Crippen LogP contribution in [0.5, 0.6) is 0 Å². The Morgan fingerprint density at radius 3 is 2.23 bits per heavy atom. The first-order chi connectivity index (χ1) is 12.5. The zero-order valence-electron chi connectivity index (χ0n) is 13.9. The third-order valence-corrected chi connectivity index (χ3v) is 3.91. The second-order valence-electron chi connectivity index (χ2n) is 5.59. The molecule has 2 amide bonds. The smallest absolute Gasteiger partial charge is 0.337 e. The largest absolute Gasteiger partial charge is 0.465 e. The number of rotatable bonds is 5. The van der Waals surface area contributed by atoms with E-state index in [1.807, 2.05) is 0 Å². The summed E-state index contributed by atoms with van der Waals surface area (Å²) in [5, 5.41) is 0. The lowest BCUT2D eigenvalue weighted by molar-refractivity contribution is -0.145. The number of ether oxygens (including phenoxy) is 2. The molecule has 0 atom stereocenters. The Bertz CT molecular complexity index is 869. The molecule has 7 heteroatoms. The van der Waals surface area contributed by atoms with Crippen LogP contribution in [0.1, 0.15) is 36.6 Å². The van der Waals surface area contributed by atoms with Crippen LogP contribution in [0.25, 0.3) is 0 Å². The van der Waals surface area contributed by atoms with E-state index >= 15 is 0 Å². The third-order valence-electron chi connectivity index (χ3n) is 3.91. The summed E-state index contributed by atoms with van der Waals surface area (Å²) in [6.45, 7) is -0.560. The molecule has 0 spiro atoms. The van der Waals surface area contributed by atoms with E-state index in [1.165, 1.54) is 7.11 Å². The molecule has 1 aliphatic rings. The number of amides is 2. The molecule has 2 aromatic rings. The van der Waals surface area contributed by atoms with Crippen molar-refractivity contribution in [3.63, 3.8) is 0 Å². The predicted octanol–water partition coefficient (Wildman–Crippen LogP) is 1.81. The van der Waals surface area contributed by atoms with Gasteiger partial charge in [-0.2, -0.15) is 0 Å². The Hall–Kier alpha value is -3.48. The van der Waals surface area contributed by atoms with Gasteiger partial charge in [0.25, 0.3) is 11.8 Å².